The Bertz CT molecular complexity index is 1610. The van der Waals surface area contributed by atoms with Crippen LogP contribution in [0.25, 0.3) is 22.2 Å². The van der Waals surface area contributed by atoms with Gasteiger partial charge < -0.3 is 14.9 Å². The van der Waals surface area contributed by atoms with E-state index in [9.17, 15) is 14.4 Å². The molecule has 8 nitrogen and oxygen atoms in total. The molecule has 1 N–H and O–H groups in total. The number of anilines is 3. The molecule has 0 amide bonds. The summed E-state index contributed by atoms with van der Waals surface area (Å²) in [7, 11) is 1.82. The van der Waals surface area contributed by atoms with Gasteiger partial charge in [-0.1, -0.05) is 25.2 Å². The predicted octanol–water partition coefficient (Wildman–Crippen LogP) is 5.61. The van der Waals surface area contributed by atoms with E-state index < -0.39 is 11.8 Å². The van der Waals surface area contributed by atoms with Crippen LogP contribution >= 0.6 is 11.3 Å². The maximum absolute atomic E-state index is 15.6. The minimum atomic E-state index is -0.866. The summed E-state index contributed by atoms with van der Waals surface area (Å²) in [5.74, 6) is -1.64. The van der Waals surface area contributed by atoms with Gasteiger partial charge in [-0.05, 0) is 48.4 Å². The predicted molar refractivity (Wildman–Crippen MR) is 152 cm³/mol. The minimum absolute atomic E-state index is 0.0187. The van der Waals surface area contributed by atoms with Crippen LogP contribution < -0.4 is 9.80 Å². The quantitative estimate of drug-likeness (QED) is 0.311. The Morgan fingerprint density at radius 3 is 2.45 bits per heavy atom. The number of carboxylic acid groups (broad SMARTS) is 1. The largest absolute Gasteiger partial charge is 0.480 e. The Labute approximate surface area is 234 Å². The van der Waals surface area contributed by atoms with Crippen molar-refractivity contribution in [3.05, 3.63) is 64.7 Å². The lowest BCUT2D eigenvalue weighted by atomic mass is 10.0. The molecule has 5 rings (SSSR count). The molecule has 40 heavy (non-hydrogen) atoms. The maximum atomic E-state index is 15.6. The highest BCUT2D eigenvalue weighted by molar-refractivity contribution is 7.16. The van der Waals surface area contributed by atoms with Crippen molar-refractivity contribution in [2.45, 2.75) is 19.8 Å². The van der Waals surface area contributed by atoms with Gasteiger partial charge in [0.25, 0.3) is 0 Å². The first-order chi connectivity index (χ1) is 19.1. The van der Waals surface area contributed by atoms with Crippen LogP contribution in [0.3, 0.4) is 0 Å². The standard InChI is InChI=1S/C29H28F2N6O2S/c1-17(2)23-14-24(35(3)29-34-27(25(15-32)40-29)18-4-6-19(30)7-5-18)21-12-20(13-22(31)28(21)33-23)37-10-8-36(9-11-37)16-26(38)39/h4-7,12-14,17H,8-11,16H2,1-3H3,(H,38,39). The van der Waals surface area contributed by atoms with Crippen molar-refractivity contribution in [1.82, 2.24) is 14.9 Å². The highest BCUT2D eigenvalue weighted by Crippen LogP contribution is 2.40. The highest BCUT2D eigenvalue weighted by atomic mass is 32.1. The van der Waals surface area contributed by atoms with Gasteiger partial charge in [0, 0.05) is 55.6 Å². The molecular weight excluding hydrogens is 534 g/mol. The van der Waals surface area contributed by atoms with Crippen LogP contribution in [0.2, 0.25) is 0 Å². The second-order valence-corrected chi connectivity index (χ2v) is 11.0. The van der Waals surface area contributed by atoms with Crippen molar-refractivity contribution < 1.29 is 18.7 Å². The van der Waals surface area contributed by atoms with Crippen molar-refractivity contribution in [3.8, 4) is 17.3 Å². The SMILES string of the molecule is CC(C)c1cc(N(C)c2nc(-c3ccc(F)cc3)c(C#N)s2)c2cc(N3CCN(CC(=O)O)CC3)cc(F)c2n1. The molecule has 1 aliphatic heterocycles. The van der Waals surface area contributed by atoms with Gasteiger partial charge in [-0.25, -0.2) is 18.7 Å². The fourth-order valence-electron chi connectivity index (χ4n) is 4.82. The summed E-state index contributed by atoms with van der Waals surface area (Å²) in [5, 5.41) is 20.0. The number of halogens is 2. The molecule has 1 aliphatic rings. The van der Waals surface area contributed by atoms with E-state index in [4.69, 9.17) is 10.1 Å². The molecule has 1 saturated heterocycles. The topological polar surface area (TPSA) is 96.6 Å². The molecule has 0 saturated carbocycles. The molecule has 0 aliphatic carbocycles. The number of hydrogen-bond acceptors (Lipinski definition) is 8. The molecule has 2 aromatic heterocycles. The van der Waals surface area contributed by atoms with Crippen molar-refractivity contribution in [2.75, 3.05) is 49.6 Å². The molecule has 4 aromatic rings. The van der Waals surface area contributed by atoms with Crippen LogP contribution in [0.1, 0.15) is 30.3 Å². The molecule has 1 fully saturated rings. The van der Waals surface area contributed by atoms with Gasteiger partial charge in [-0.15, -0.1) is 0 Å². The Kier molecular flexibility index (Phi) is 7.65. The van der Waals surface area contributed by atoms with Crippen LogP contribution in [0.5, 0.6) is 0 Å². The normalized spacial score (nSPS) is 14.1. The lowest BCUT2D eigenvalue weighted by Crippen LogP contribution is -2.48. The van der Waals surface area contributed by atoms with E-state index in [2.05, 4.69) is 11.1 Å². The molecule has 0 unspecified atom stereocenters. The number of aromatic nitrogens is 2. The number of benzene rings is 2. The minimum Gasteiger partial charge on any atom is -0.480 e. The monoisotopic (exact) mass is 562 g/mol. The van der Waals surface area contributed by atoms with Gasteiger partial charge in [0.1, 0.15) is 28.0 Å². The number of hydrogen-bond donors (Lipinski definition) is 1. The molecule has 0 atom stereocenters. The molecule has 206 valence electrons. The molecule has 0 radical (unpaired) electrons. The zero-order valence-corrected chi connectivity index (χ0v) is 23.2. The molecule has 0 spiro atoms. The number of pyridine rings is 1. The first-order valence-corrected chi connectivity index (χ1v) is 13.7. The lowest BCUT2D eigenvalue weighted by Gasteiger charge is -2.35. The third-order valence-electron chi connectivity index (χ3n) is 7.02. The summed E-state index contributed by atoms with van der Waals surface area (Å²) in [6.07, 6.45) is 0. The van der Waals surface area contributed by atoms with Crippen molar-refractivity contribution in [1.29, 1.82) is 5.26 Å². The Balaban J connectivity index is 1.57. The number of fused-ring (bicyclic) bond motifs is 1. The number of carboxylic acids is 1. The van der Waals surface area contributed by atoms with Crippen molar-refractivity contribution >= 4 is 44.7 Å². The third kappa shape index (κ3) is 5.46. The Morgan fingerprint density at radius 2 is 1.82 bits per heavy atom. The number of rotatable bonds is 7. The Morgan fingerprint density at radius 1 is 1.12 bits per heavy atom. The van der Waals surface area contributed by atoms with E-state index in [1.165, 1.54) is 29.5 Å². The smallest absolute Gasteiger partial charge is 0.317 e. The number of nitriles is 1. The molecular formula is C29H28F2N6O2S. The third-order valence-corrected chi connectivity index (χ3v) is 8.06. The number of thiazole rings is 1. The lowest BCUT2D eigenvalue weighted by molar-refractivity contribution is -0.138. The first kappa shape index (κ1) is 27.4. The van der Waals surface area contributed by atoms with Gasteiger partial charge >= 0.3 is 5.97 Å². The van der Waals surface area contributed by atoms with Crippen LogP contribution in [-0.2, 0) is 4.79 Å². The molecule has 2 aromatic carbocycles. The van der Waals surface area contributed by atoms with E-state index in [1.54, 1.807) is 12.1 Å². The Hall–Kier alpha value is -4.14. The second kappa shape index (κ2) is 11.2. The van der Waals surface area contributed by atoms with Gasteiger partial charge in [0.2, 0.25) is 0 Å². The summed E-state index contributed by atoms with van der Waals surface area (Å²) in [6.45, 7) is 6.22. The zero-order chi connectivity index (χ0) is 28.6. The fourth-order valence-corrected chi connectivity index (χ4v) is 5.68. The average Bonchev–Trinajstić information content (AvgIpc) is 3.37. The summed E-state index contributed by atoms with van der Waals surface area (Å²) < 4.78 is 29.1. The number of carbonyl (C=O) groups is 1. The van der Waals surface area contributed by atoms with Gasteiger partial charge in [-0.2, -0.15) is 5.26 Å². The summed E-state index contributed by atoms with van der Waals surface area (Å²) in [5.41, 5.74) is 3.45. The highest BCUT2D eigenvalue weighted by Gasteiger charge is 2.24. The molecule has 3 heterocycles. The van der Waals surface area contributed by atoms with Gasteiger partial charge in [-0.3, -0.25) is 9.69 Å². The number of aliphatic carboxylic acids is 1. The summed E-state index contributed by atoms with van der Waals surface area (Å²) in [6, 6.07) is 13.4. The van der Waals surface area contributed by atoms with E-state index in [1.807, 2.05) is 47.7 Å². The maximum Gasteiger partial charge on any atom is 0.317 e. The van der Waals surface area contributed by atoms with Crippen LogP contribution in [0.4, 0.5) is 25.3 Å². The van der Waals surface area contributed by atoms with E-state index in [0.29, 0.717) is 64.2 Å². The fraction of sp³-hybridized carbons (Fsp3) is 0.310. The molecule has 11 heteroatoms. The summed E-state index contributed by atoms with van der Waals surface area (Å²) in [4.78, 5) is 26.6. The zero-order valence-electron chi connectivity index (χ0n) is 22.4. The second-order valence-electron chi connectivity index (χ2n) is 10.1. The van der Waals surface area contributed by atoms with Crippen LogP contribution in [0.15, 0.2) is 42.5 Å². The number of piperazine rings is 1. The van der Waals surface area contributed by atoms with Crippen molar-refractivity contribution in [2.24, 2.45) is 0 Å². The van der Waals surface area contributed by atoms with Crippen LogP contribution in [-0.4, -0.2) is 65.7 Å². The average molecular weight is 563 g/mol. The van der Waals surface area contributed by atoms with Gasteiger partial charge in [0.05, 0.1) is 12.2 Å². The van der Waals surface area contributed by atoms with Crippen molar-refractivity contribution in [3.63, 3.8) is 0 Å². The van der Waals surface area contributed by atoms with E-state index in [0.717, 1.165) is 5.69 Å². The van der Waals surface area contributed by atoms with Gasteiger partial charge in [0.15, 0.2) is 10.9 Å². The molecule has 0 bridgehead atoms. The number of nitrogens with zero attached hydrogens (tertiary/aromatic N) is 6. The van der Waals surface area contributed by atoms with E-state index >= 15 is 4.39 Å². The first-order valence-electron chi connectivity index (χ1n) is 12.9. The summed E-state index contributed by atoms with van der Waals surface area (Å²) >= 11 is 1.21. The van der Waals surface area contributed by atoms with E-state index in [-0.39, 0.29) is 23.8 Å². The van der Waals surface area contributed by atoms with Crippen LogP contribution in [0, 0.1) is 23.0 Å².